The number of rotatable bonds is 5. The van der Waals surface area contributed by atoms with Crippen LogP contribution in [0.15, 0.2) is 24.3 Å². The highest BCUT2D eigenvalue weighted by Crippen LogP contribution is 2.35. The quantitative estimate of drug-likeness (QED) is 0.554. The van der Waals surface area contributed by atoms with Gasteiger partial charge in [0.1, 0.15) is 36.8 Å². The van der Waals surface area contributed by atoms with Crippen molar-refractivity contribution in [2.24, 2.45) is 0 Å². The van der Waals surface area contributed by atoms with Crippen LogP contribution in [0.4, 0.5) is 0 Å². The third-order valence-electron chi connectivity index (χ3n) is 5.43. The lowest BCUT2D eigenvalue weighted by atomic mass is 10.0. The molecule has 8 heteroatoms. The highest BCUT2D eigenvalue weighted by Gasteiger charge is 2.35. The highest BCUT2D eigenvalue weighted by atomic mass is 32.1. The van der Waals surface area contributed by atoms with Gasteiger partial charge in [0, 0.05) is 12.0 Å². The van der Waals surface area contributed by atoms with Crippen LogP contribution in [0.3, 0.4) is 0 Å². The van der Waals surface area contributed by atoms with Crippen molar-refractivity contribution in [3.8, 4) is 11.6 Å². The van der Waals surface area contributed by atoms with Gasteiger partial charge in [0.05, 0.1) is 14.2 Å². The highest BCUT2D eigenvalue weighted by molar-refractivity contribution is 7.17. The van der Waals surface area contributed by atoms with Gasteiger partial charge in [-0.05, 0) is 24.3 Å². The van der Waals surface area contributed by atoms with E-state index in [-0.39, 0.29) is 11.9 Å². The molecule has 144 valence electrons. The topological polar surface area (TPSA) is 68.5 Å². The molecular formula is C19H27N5O2S+2. The Hall–Kier alpha value is -2.16. The van der Waals surface area contributed by atoms with Crippen molar-refractivity contribution in [2.75, 3.05) is 40.3 Å². The molecule has 3 N–H and O–H groups in total. The Kier molecular flexibility index (Phi) is 5.03. The lowest BCUT2D eigenvalue weighted by Gasteiger charge is -2.33. The summed E-state index contributed by atoms with van der Waals surface area (Å²) >= 11 is 1.55. The molecule has 0 aliphatic carbocycles. The third kappa shape index (κ3) is 3.40. The van der Waals surface area contributed by atoms with Crippen molar-refractivity contribution in [1.82, 2.24) is 14.6 Å². The average Bonchev–Trinajstić information content (AvgIpc) is 3.23. The number of piperazine rings is 1. The second-order valence-corrected chi connectivity index (χ2v) is 8.20. The zero-order valence-corrected chi connectivity index (χ0v) is 16.8. The number of fused-ring (bicyclic) bond motifs is 1. The van der Waals surface area contributed by atoms with Crippen LogP contribution in [0.2, 0.25) is 0 Å². The number of aryl methyl sites for hydroxylation is 1. The van der Waals surface area contributed by atoms with Crippen molar-refractivity contribution in [2.45, 2.75) is 19.4 Å². The minimum absolute atomic E-state index is 0.0718. The fourth-order valence-electron chi connectivity index (χ4n) is 3.78. The smallest absolute Gasteiger partial charge is 0.235 e. The Morgan fingerprint density at radius 3 is 2.52 bits per heavy atom. The largest absolute Gasteiger partial charge is 0.497 e. The number of nitrogens with one attached hydrogen (secondary N) is 2. The van der Waals surface area contributed by atoms with Crippen LogP contribution in [-0.4, -0.2) is 60.0 Å². The van der Waals surface area contributed by atoms with Crippen LogP contribution in [0.25, 0.3) is 4.96 Å². The Morgan fingerprint density at radius 2 is 1.93 bits per heavy atom. The monoisotopic (exact) mass is 389 g/mol. The minimum atomic E-state index is 0.0718. The van der Waals surface area contributed by atoms with Gasteiger partial charge in [-0.15, -0.1) is 5.10 Å². The molecule has 1 atom stereocenters. The van der Waals surface area contributed by atoms with E-state index >= 15 is 0 Å². The molecular weight excluding hydrogens is 362 g/mol. The number of methoxy groups -OCH3 is 1. The maximum atomic E-state index is 10.9. The predicted molar refractivity (Wildman–Crippen MR) is 104 cm³/mol. The summed E-state index contributed by atoms with van der Waals surface area (Å²) in [6.45, 7) is 6.41. The molecule has 1 aromatic carbocycles. The van der Waals surface area contributed by atoms with E-state index in [0.717, 1.165) is 54.0 Å². The normalized spacial score (nSPS) is 21.4. The molecule has 0 unspecified atom stereocenters. The zero-order chi connectivity index (χ0) is 19.0. The van der Waals surface area contributed by atoms with Gasteiger partial charge >= 0.3 is 0 Å². The zero-order valence-electron chi connectivity index (χ0n) is 16.0. The van der Waals surface area contributed by atoms with Gasteiger partial charge in [-0.25, -0.2) is 4.98 Å². The molecule has 1 aliphatic rings. The van der Waals surface area contributed by atoms with Crippen molar-refractivity contribution in [1.29, 1.82) is 0 Å². The molecule has 4 rings (SSSR count). The van der Waals surface area contributed by atoms with Crippen molar-refractivity contribution >= 4 is 16.3 Å². The Balaban J connectivity index is 1.77. The van der Waals surface area contributed by atoms with Crippen molar-refractivity contribution < 1.29 is 19.6 Å². The average molecular weight is 390 g/mol. The van der Waals surface area contributed by atoms with Gasteiger partial charge in [-0.3, -0.25) is 0 Å². The predicted octanol–water partition coefficient (Wildman–Crippen LogP) is -0.430. The summed E-state index contributed by atoms with van der Waals surface area (Å²) in [6.07, 6.45) is 0.761. The number of quaternary nitrogens is 2. The van der Waals surface area contributed by atoms with Crippen LogP contribution >= 0.6 is 11.3 Å². The van der Waals surface area contributed by atoms with Gasteiger partial charge in [0.25, 0.3) is 0 Å². The van der Waals surface area contributed by atoms with E-state index in [9.17, 15) is 5.11 Å². The Labute approximate surface area is 162 Å². The number of aromatic hydroxyl groups is 1. The second-order valence-electron chi connectivity index (χ2n) is 7.19. The molecule has 0 radical (unpaired) electrons. The minimum Gasteiger partial charge on any atom is -0.497 e. The van der Waals surface area contributed by atoms with Gasteiger partial charge in [0.15, 0.2) is 11.9 Å². The standard InChI is InChI=1S/C19H25N5O2S/c1-4-15-20-19-24(21-15)18(25)17(27-19)16(23-11-9-22(2)10-12-23)13-5-7-14(26-3)8-6-13/h5-8,16,25H,4,9-12H2,1-3H3/p+2/t16-/m1/s1. The fourth-order valence-corrected chi connectivity index (χ4v) is 4.94. The van der Waals surface area contributed by atoms with Crippen LogP contribution in [-0.2, 0) is 6.42 Å². The molecule has 1 saturated heterocycles. The molecule has 2 aromatic heterocycles. The second kappa shape index (κ2) is 7.46. The summed E-state index contributed by atoms with van der Waals surface area (Å²) < 4.78 is 6.91. The lowest BCUT2D eigenvalue weighted by molar-refractivity contribution is -1.02. The summed E-state index contributed by atoms with van der Waals surface area (Å²) in [4.78, 5) is 9.28. The van der Waals surface area contributed by atoms with Gasteiger partial charge in [-0.1, -0.05) is 18.3 Å². The molecule has 3 aromatic rings. The van der Waals surface area contributed by atoms with E-state index in [0.29, 0.717) is 0 Å². The van der Waals surface area contributed by atoms with Crippen molar-refractivity contribution in [3.63, 3.8) is 0 Å². The molecule has 1 fully saturated rings. The first-order valence-electron chi connectivity index (χ1n) is 9.47. The number of aromatic nitrogens is 3. The maximum Gasteiger partial charge on any atom is 0.235 e. The summed E-state index contributed by atoms with van der Waals surface area (Å²) in [5.74, 6) is 1.83. The van der Waals surface area contributed by atoms with E-state index in [1.54, 1.807) is 27.9 Å². The van der Waals surface area contributed by atoms with E-state index in [4.69, 9.17) is 4.74 Å². The summed E-state index contributed by atoms with van der Waals surface area (Å²) in [7, 11) is 3.92. The number of benzene rings is 1. The van der Waals surface area contributed by atoms with E-state index < -0.39 is 0 Å². The van der Waals surface area contributed by atoms with Crippen LogP contribution < -0.4 is 14.5 Å². The first-order valence-corrected chi connectivity index (χ1v) is 10.3. The lowest BCUT2D eigenvalue weighted by Crippen LogP contribution is -3.27. The number of thiazole rings is 1. The van der Waals surface area contributed by atoms with E-state index in [2.05, 4.69) is 29.3 Å². The molecule has 7 nitrogen and oxygen atoms in total. The summed E-state index contributed by atoms with van der Waals surface area (Å²) in [5.41, 5.74) is 1.18. The Bertz CT molecular complexity index is 912. The van der Waals surface area contributed by atoms with E-state index in [1.807, 2.05) is 19.1 Å². The summed E-state index contributed by atoms with van der Waals surface area (Å²) in [5, 5.41) is 15.4. The van der Waals surface area contributed by atoms with Gasteiger partial charge in [-0.2, -0.15) is 4.52 Å². The third-order valence-corrected chi connectivity index (χ3v) is 6.51. The number of likely N-dealkylation sites (N-methyl/N-ethyl adjacent to an activating group) is 1. The van der Waals surface area contributed by atoms with Gasteiger partial charge in [0.2, 0.25) is 10.8 Å². The van der Waals surface area contributed by atoms with Crippen LogP contribution in [0, 0.1) is 0 Å². The first-order chi connectivity index (χ1) is 13.1. The fraction of sp³-hybridized carbons (Fsp3) is 0.474. The Morgan fingerprint density at radius 1 is 1.22 bits per heavy atom. The number of ether oxygens (including phenoxy) is 1. The molecule has 27 heavy (non-hydrogen) atoms. The first kappa shape index (κ1) is 18.2. The maximum absolute atomic E-state index is 10.9. The van der Waals surface area contributed by atoms with E-state index in [1.165, 1.54) is 10.5 Å². The molecule has 0 spiro atoms. The number of nitrogens with zero attached hydrogens (tertiary/aromatic N) is 3. The van der Waals surface area contributed by atoms with Crippen LogP contribution in [0.5, 0.6) is 11.6 Å². The summed E-state index contributed by atoms with van der Waals surface area (Å²) in [6, 6.07) is 8.27. The number of hydrogen-bond donors (Lipinski definition) is 3. The van der Waals surface area contributed by atoms with Crippen molar-refractivity contribution in [3.05, 3.63) is 40.5 Å². The molecule has 3 heterocycles. The van der Waals surface area contributed by atoms with Gasteiger partial charge < -0.3 is 19.6 Å². The number of hydrogen-bond acceptors (Lipinski definition) is 5. The molecule has 0 bridgehead atoms. The molecule has 1 aliphatic heterocycles. The molecule has 0 saturated carbocycles. The SMILES string of the molecule is CCc1nc2sc([C@@H](c3ccc(OC)cc3)[NH+]3CC[NH+](C)CC3)c(O)n2n1. The van der Waals surface area contributed by atoms with Crippen LogP contribution in [0.1, 0.15) is 29.2 Å². The molecule has 0 amide bonds.